The summed E-state index contributed by atoms with van der Waals surface area (Å²) in [6.45, 7) is 3.89. The van der Waals surface area contributed by atoms with Crippen molar-refractivity contribution in [3.63, 3.8) is 0 Å². The molecular weight excluding hydrogens is 378 g/mol. The third-order valence-corrected chi connectivity index (χ3v) is 5.04. The van der Waals surface area contributed by atoms with E-state index in [4.69, 9.17) is 16.7 Å². The molecule has 0 aliphatic carbocycles. The van der Waals surface area contributed by atoms with Gasteiger partial charge in [-0.1, -0.05) is 37.6 Å². The van der Waals surface area contributed by atoms with E-state index in [9.17, 15) is 5.26 Å². The van der Waals surface area contributed by atoms with E-state index in [1.165, 1.54) is 0 Å². The molecule has 0 saturated carbocycles. The molecule has 154 valence electrons. The second-order valence-electron chi connectivity index (χ2n) is 7.19. The monoisotopic (exact) mass is 403 g/mol. The van der Waals surface area contributed by atoms with Gasteiger partial charge in [0.15, 0.2) is 6.19 Å². The minimum atomic E-state index is -0.534. The first-order chi connectivity index (χ1) is 14.5. The molecule has 30 heavy (non-hydrogen) atoms. The molecule has 1 aliphatic rings. The van der Waals surface area contributed by atoms with E-state index in [1.54, 1.807) is 0 Å². The fourth-order valence-corrected chi connectivity index (χ4v) is 3.55. The molecule has 0 radical (unpaired) electrons. The number of fused-ring (bicyclic) bond motifs is 1. The topological polar surface area (TPSA) is 152 Å². The van der Waals surface area contributed by atoms with Gasteiger partial charge < -0.3 is 21.7 Å². The Labute approximate surface area is 176 Å². The average molecular weight is 403 g/mol. The van der Waals surface area contributed by atoms with Crippen LogP contribution in [0, 0.1) is 22.8 Å². The summed E-state index contributed by atoms with van der Waals surface area (Å²) < 4.78 is 0. The van der Waals surface area contributed by atoms with Gasteiger partial charge in [0.1, 0.15) is 29.3 Å². The zero-order valence-corrected chi connectivity index (χ0v) is 17.1. The number of hydrogen-bond donors (Lipinski definition) is 4. The number of nitrogens with one attached hydrogen (secondary N) is 2. The number of aliphatic imine (C=N–C) groups is 1. The Morgan fingerprint density at radius 3 is 2.73 bits per heavy atom. The molecule has 0 saturated heterocycles. The second-order valence-corrected chi connectivity index (χ2v) is 7.19. The number of nitrogen functional groups attached to an aromatic ring is 2. The average Bonchev–Trinajstić information content (AvgIpc) is 2.72. The van der Waals surface area contributed by atoms with E-state index in [2.05, 4.69) is 45.5 Å². The van der Waals surface area contributed by atoms with Gasteiger partial charge in [0, 0.05) is 12.1 Å². The predicted molar refractivity (Wildman–Crippen MR) is 117 cm³/mol. The molecule has 2 heterocycles. The van der Waals surface area contributed by atoms with Crippen LogP contribution in [0.5, 0.6) is 0 Å². The number of aromatic nitrogens is 1. The third kappa shape index (κ3) is 4.12. The van der Waals surface area contributed by atoms with Gasteiger partial charge in [0.25, 0.3) is 0 Å². The van der Waals surface area contributed by atoms with Crippen LogP contribution in [0.2, 0.25) is 0 Å². The Morgan fingerprint density at radius 2 is 2.03 bits per heavy atom. The maximum atomic E-state index is 9.48. The summed E-state index contributed by atoms with van der Waals surface area (Å²) in [5.41, 5.74) is 15.2. The number of nitrogens with zero attached hydrogens (tertiary/aromatic N) is 5. The highest BCUT2D eigenvalue weighted by molar-refractivity contribution is 5.98. The molecule has 0 amide bonds. The summed E-state index contributed by atoms with van der Waals surface area (Å²) in [5.74, 6) is 0.668. The highest BCUT2D eigenvalue weighted by Crippen LogP contribution is 2.41. The Bertz CT molecular complexity index is 1050. The molecule has 1 unspecified atom stereocenters. The molecule has 1 aliphatic heterocycles. The van der Waals surface area contributed by atoms with E-state index < -0.39 is 6.04 Å². The van der Waals surface area contributed by atoms with Gasteiger partial charge in [0.05, 0.1) is 5.69 Å². The largest absolute Gasteiger partial charge is 0.397 e. The van der Waals surface area contributed by atoms with Crippen molar-refractivity contribution in [1.82, 2.24) is 15.2 Å². The molecule has 1 atom stereocenters. The number of benzene rings is 1. The van der Waals surface area contributed by atoms with Crippen LogP contribution in [0.3, 0.4) is 0 Å². The van der Waals surface area contributed by atoms with Gasteiger partial charge in [-0.3, -0.25) is 5.32 Å². The Kier molecular flexibility index (Phi) is 6.35. The van der Waals surface area contributed by atoms with Crippen LogP contribution in [0.1, 0.15) is 48.1 Å². The summed E-state index contributed by atoms with van der Waals surface area (Å²) in [6, 6.07) is 9.45. The van der Waals surface area contributed by atoms with Crippen molar-refractivity contribution in [2.75, 3.05) is 30.4 Å². The summed E-state index contributed by atoms with van der Waals surface area (Å²) in [4.78, 5) is 11.2. The van der Waals surface area contributed by atoms with Gasteiger partial charge in [-0.05, 0) is 31.1 Å². The molecule has 9 nitrogen and oxygen atoms in total. The predicted octanol–water partition coefficient (Wildman–Crippen LogP) is 2.29. The van der Waals surface area contributed by atoms with Crippen LogP contribution < -0.4 is 22.1 Å². The number of rotatable bonds is 6. The standard InChI is InChI=1S/C21H25N9/c1-3-4-9-30(2)11-13-7-5-6-8-14(13)18-16-17(24)15(10-22)19(25)28-20(16)29-21(27-18)26-12-23/h5-8,18H,3-4,9,11H2,1-2H3,(H6,24,25,26,27,28,29). The number of pyridine rings is 1. The fourth-order valence-electron chi connectivity index (χ4n) is 3.55. The minimum Gasteiger partial charge on any atom is -0.397 e. The Hall–Kier alpha value is -3.82. The highest BCUT2D eigenvalue weighted by atomic mass is 15.2. The van der Waals surface area contributed by atoms with Gasteiger partial charge in [-0.2, -0.15) is 10.5 Å². The molecule has 1 aromatic heterocycles. The molecule has 3 rings (SSSR count). The molecule has 1 aromatic carbocycles. The van der Waals surface area contributed by atoms with Crippen molar-refractivity contribution >= 4 is 23.3 Å². The molecule has 0 bridgehead atoms. The van der Waals surface area contributed by atoms with Crippen molar-refractivity contribution in [3.8, 4) is 12.3 Å². The molecule has 2 aromatic rings. The Balaban J connectivity index is 2.12. The number of nitriles is 2. The van der Waals surface area contributed by atoms with Gasteiger partial charge in [-0.25, -0.2) is 9.98 Å². The quantitative estimate of drug-likeness (QED) is 0.423. The van der Waals surface area contributed by atoms with Crippen molar-refractivity contribution < 1.29 is 0 Å². The Morgan fingerprint density at radius 1 is 1.27 bits per heavy atom. The molecule has 6 N–H and O–H groups in total. The lowest BCUT2D eigenvalue weighted by atomic mass is 9.91. The van der Waals surface area contributed by atoms with E-state index in [0.29, 0.717) is 11.4 Å². The van der Waals surface area contributed by atoms with E-state index in [1.807, 2.05) is 30.5 Å². The van der Waals surface area contributed by atoms with Crippen molar-refractivity contribution in [3.05, 3.63) is 46.5 Å². The maximum Gasteiger partial charge on any atom is 0.211 e. The lowest BCUT2D eigenvalue weighted by molar-refractivity contribution is 0.319. The zero-order valence-electron chi connectivity index (χ0n) is 17.1. The summed E-state index contributed by atoms with van der Waals surface area (Å²) in [6.07, 6.45) is 4.11. The van der Waals surface area contributed by atoms with E-state index in [0.717, 1.165) is 37.1 Å². The molecule has 0 spiro atoms. The van der Waals surface area contributed by atoms with Crippen molar-refractivity contribution in [2.24, 2.45) is 4.99 Å². The third-order valence-electron chi connectivity index (χ3n) is 5.04. The van der Waals surface area contributed by atoms with Gasteiger partial charge >= 0.3 is 0 Å². The summed E-state index contributed by atoms with van der Waals surface area (Å²) >= 11 is 0. The first kappa shape index (κ1) is 20.9. The first-order valence-corrected chi connectivity index (χ1v) is 9.75. The van der Waals surface area contributed by atoms with Crippen LogP contribution in [-0.2, 0) is 6.54 Å². The fraction of sp³-hybridized carbons (Fsp3) is 0.333. The maximum absolute atomic E-state index is 9.48. The second kappa shape index (κ2) is 9.12. The highest BCUT2D eigenvalue weighted by Gasteiger charge is 2.30. The number of nitrogens with two attached hydrogens (primary N) is 2. The minimum absolute atomic E-state index is 0.0331. The molecule has 9 heteroatoms. The van der Waals surface area contributed by atoms with Crippen LogP contribution in [0.15, 0.2) is 29.3 Å². The van der Waals surface area contributed by atoms with Crippen molar-refractivity contribution in [1.29, 1.82) is 10.5 Å². The van der Waals surface area contributed by atoms with Gasteiger partial charge in [-0.15, -0.1) is 0 Å². The first-order valence-electron chi connectivity index (χ1n) is 9.75. The number of guanidine groups is 1. The van der Waals surface area contributed by atoms with Crippen molar-refractivity contribution in [2.45, 2.75) is 32.4 Å². The normalized spacial score (nSPS) is 14.8. The van der Waals surface area contributed by atoms with Crippen LogP contribution >= 0.6 is 0 Å². The number of unbranched alkanes of at least 4 members (excludes halogenated alkanes) is 1. The zero-order chi connectivity index (χ0) is 21.7. The smallest absolute Gasteiger partial charge is 0.211 e. The van der Waals surface area contributed by atoms with E-state index >= 15 is 0 Å². The lowest BCUT2D eigenvalue weighted by Gasteiger charge is -2.28. The lowest BCUT2D eigenvalue weighted by Crippen LogP contribution is -2.33. The number of anilines is 3. The van der Waals surface area contributed by atoms with Crippen LogP contribution in [0.25, 0.3) is 0 Å². The SMILES string of the molecule is CCCCN(C)Cc1ccccc1C1N=C(NC#N)Nc2nc(N)c(C#N)c(N)c21. The number of hydrogen-bond acceptors (Lipinski definition) is 9. The van der Waals surface area contributed by atoms with Crippen LogP contribution in [0.4, 0.5) is 17.3 Å². The summed E-state index contributed by atoms with van der Waals surface area (Å²) in [7, 11) is 2.08. The van der Waals surface area contributed by atoms with E-state index in [-0.39, 0.29) is 23.0 Å². The molecule has 0 fully saturated rings. The van der Waals surface area contributed by atoms with Crippen LogP contribution in [-0.4, -0.2) is 29.4 Å². The summed E-state index contributed by atoms with van der Waals surface area (Å²) in [5, 5.41) is 24.0. The molecular formula is C21H25N9. The van der Waals surface area contributed by atoms with Gasteiger partial charge in [0.2, 0.25) is 5.96 Å².